The minimum atomic E-state index is 0.0282. The number of benzene rings is 1. The first-order chi connectivity index (χ1) is 7.77. The van der Waals surface area contributed by atoms with Gasteiger partial charge >= 0.3 is 0 Å². The molecule has 1 aromatic rings. The maximum absolute atomic E-state index is 6.19. The fraction of sp³-hybridized carbons (Fsp3) is 0.500. The number of halogens is 1. The second-order valence-corrected chi connectivity index (χ2v) is 4.91. The maximum atomic E-state index is 6.19. The van der Waals surface area contributed by atoms with Crippen LogP contribution in [0.25, 0.3) is 0 Å². The molecule has 4 heteroatoms. The first-order valence-corrected chi connectivity index (χ1v) is 6.39. The second kappa shape index (κ2) is 5.77. The van der Waals surface area contributed by atoms with E-state index in [-0.39, 0.29) is 12.1 Å². The van der Waals surface area contributed by atoms with E-state index in [1.54, 1.807) is 0 Å². The Labute approximate surface area is 104 Å². The highest BCUT2D eigenvalue weighted by molar-refractivity contribution is 9.10. The van der Waals surface area contributed by atoms with Gasteiger partial charge in [0.1, 0.15) is 0 Å². The van der Waals surface area contributed by atoms with Crippen LogP contribution in [-0.2, 0) is 4.74 Å². The molecule has 0 aromatic heterocycles. The Morgan fingerprint density at radius 3 is 3.00 bits per heavy atom. The van der Waals surface area contributed by atoms with Gasteiger partial charge in [0.15, 0.2) is 0 Å². The fourth-order valence-corrected chi connectivity index (χ4v) is 2.54. The van der Waals surface area contributed by atoms with E-state index in [9.17, 15) is 0 Å². The summed E-state index contributed by atoms with van der Waals surface area (Å²) in [7, 11) is 0. The lowest BCUT2D eigenvalue weighted by Crippen LogP contribution is -2.40. The average molecular weight is 285 g/mol. The number of nitrogens with two attached hydrogens (primary N) is 1. The van der Waals surface area contributed by atoms with E-state index in [4.69, 9.17) is 10.5 Å². The maximum Gasteiger partial charge on any atom is 0.0718 e. The summed E-state index contributed by atoms with van der Waals surface area (Å²) in [6.07, 6.45) is 1.09. The quantitative estimate of drug-likeness (QED) is 0.890. The number of nitrogens with one attached hydrogen (secondary N) is 1. The summed E-state index contributed by atoms with van der Waals surface area (Å²) in [4.78, 5) is 0. The largest absolute Gasteiger partial charge is 0.376 e. The molecule has 1 aliphatic heterocycles. The SMILES string of the molecule is NC(CC1CNCCO1)c1ccccc1Br. The van der Waals surface area contributed by atoms with Crippen molar-refractivity contribution in [2.24, 2.45) is 5.73 Å². The van der Waals surface area contributed by atoms with Gasteiger partial charge in [-0.2, -0.15) is 0 Å². The lowest BCUT2D eigenvalue weighted by atomic mass is 10.0. The third-order valence-corrected chi connectivity index (χ3v) is 3.55. The summed E-state index contributed by atoms with van der Waals surface area (Å²) in [6, 6.07) is 8.12. The normalized spacial score (nSPS) is 23.0. The number of ether oxygens (including phenoxy) is 1. The van der Waals surface area contributed by atoms with Gasteiger partial charge < -0.3 is 15.8 Å². The van der Waals surface area contributed by atoms with Crippen LogP contribution in [0.2, 0.25) is 0 Å². The first-order valence-electron chi connectivity index (χ1n) is 5.59. The topological polar surface area (TPSA) is 47.3 Å². The Hall–Kier alpha value is -0.420. The molecule has 2 rings (SSSR count). The molecule has 88 valence electrons. The molecule has 0 bridgehead atoms. The van der Waals surface area contributed by atoms with Crippen molar-refractivity contribution >= 4 is 15.9 Å². The van der Waals surface area contributed by atoms with Gasteiger partial charge in [-0.1, -0.05) is 34.1 Å². The molecule has 1 heterocycles. The van der Waals surface area contributed by atoms with Crippen LogP contribution in [0.3, 0.4) is 0 Å². The summed E-state index contributed by atoms with van der Waals surface area (Å²) in [6.45, 7) is 2.63. The third kappa shape index (κ3) is 3.04. The molecule has 1 aliphatic rings. The molecule has 3 N–H and O–H groups in total. The molecule has 0 aliphatic carbocycles. The summed E-state index contributed by atoms with van der Waals surface area (Å²) < 4.78 is 6.73. The molecule has 3 nitrogen and oxygen atoms in total. The zero-order chi connectivity index (χ0) is 11.4. The van der Waals surface area contributed by atoms with Gasteiger partial charge in [-0.15, -0.1) is 0 Å². The van der Waals surface area contributed by atoms with Crippen molar-refractivity contribution in [3.63, 3.8) is 0 Å². The molecular formula is C12H17BrN2O. The molecule has 0 saturated carbocycles. The molecule has 1 aromatic carbocycles. The van der Waals surface area contributed by atoms with Gasteiger partial charge in [0, 0.05) is 23.6 Å². The molecule has 0 radical (unpaired) electrons. The fourth-order valence-electron chi connectivity index (χ4n) is 1.96. The van der Waals surface area contributed by atoms with Crippen molar-refractivity contribution in [3.05, 3.63) is 34.3 Å². The van der Waals surface area contributed by atoms with Crippen molar-refractivity contribution in [2.45, 2.75) is 18.6 Å². The first kappa shape index (κ1) is 12.0. The Bertz CT molecular complexity index is 340. The Morgan fingerprint density at radius 1 is 1.50 bits per heavy atom. The minimum absolute atomic E-state index is 0.0282. The van der Waals surface area contributed by atoms with Crippen molar-refractivity contribution in [1.29, 1.82) is 0 Å². The predicted octanol–water partition coefficient (Wildman–Crippen LogP) is 1.83. The monoisotopic (exact) mass is 284 g/mol. The molecule has 16 heavy (non-hydrogen) atoms. The van der Waals surface area contributed by atoms with Gasteiger partial charge in [0.05, 0.1) is 12.7 Å². The van der Waals surface area contributed by atoms with E-state index in [0.29, 0.717) is 0 Å². The summed E-state index contributed by atoms with van der Waals surface area (Å²) in [5.41, 5.74) is 7.34. The lowest BCUT2D eigenvalue weighted by molar-refractivity contribution is 0.0195. The molecule has 0 amide bonds. The second-order valence-electron chi connectivity index (χ2n) is 4.06. The van der Waals surface area contributed by atoms with E-state index < -0.39 is 0 Å². The smallest absolute Gasteiger partial charge is 0.0718 e. The van der Waals surface area contributed by atoms with E-state index in [0.717, 1.165) is 36.2 Å². The molecule has 0 spiro atoms. The van der Waals surface area contributed by atoms with E-state index in [1.807, 2.05) is 18.2 Å². The Kier molecular flexibility index (Phi) is 4.35. The van der Waals surface area contributed by atoms with Crippen LogP contribution in [0.1, 0.15) is 18.0 Å². The minimum Gasteiger partial charge on any atom is -0.376 e. The summed E-state index contributed by atoms with van der Waals surface area (Å²) >= 11 is 3.53. The van der Waals surface area contributed by atoms with Gasteiger partial charge in [0.25, 0.3) is 0 Å². The van der Waals surface area contributed by atoms with E-state index in [2.05, 4.69) is 27.3 Å². The molecule has 1 fully saturated rings. The molecule has 2 atom stereocenters. The van der Waals surface area contributed by atoms with Gasteiger partial charge in [0.2, 0.25) is 0 Å². The van der Waals surface area contributed by atoms with Crippen LogP contribution in [-0.4, -0.2) is 25.8 Å². The van der Waals surface area contributed by atoms with Gasteiger partial charge in [-0.05, 0) is 18.1 Å². The Morgan fingerprint density at radius 2 is 2.31 bits per heavy atom. The van der Waals surface area contributed by atoms with Crippen LogP contribution in [0.4, 0.5) is 0 Å². The lowest BCUT2D eigenvalue weighted by Gasteiger charge is -2.26. The van der Waals surface area contributed by atoms with E-state index >= 15 is 0 Å². The van der Waals surface area contributed by atoms with Crippen LogP contribution in [0, 0.1) is 0 Å². The number of rotatable bonds is 3. The standard InChI is InChI=1S/C12H17BrN2O/c13-11-4-2-1-3-10(11)12(14)7-9-8-15-5-6-16-9/h1-4,9,12,15H,5-8,14H2. The molecule has 2 unspecified atom stereocenters. The van der Waals surface area contributed by atoms with Crippen LogP contribution >= 0.6 is 15.9 Å². The third-order valence-electron chi connectivity index (χ3n) is 2.83. The molecule has 1 saturated heterocycles. The van der Waals surface area contributed by atoms with Gasteiger partial charge in [-0.3, -0.25) is 0 Å². The van der Waals surface area contributed by atoms with Crippen LogP contribution < -0.4 is 11.1 Å². The summed E-state index contributed by atoms with van der Waals surface area (Å²) in [5, 5.41) is 3.31. The zero-order valence-corrected chi connectivity index (χ0v) is 10.7. The number of hydrogen-bond donors (Lipinski definition) is 2. The highest BCUT2D eigenvalue weighted by Crippen LogP contribution is 2.25. The highest BCUT2D eigenvalue weighted by atomic mass is 79.9. The summed E-state index contributed by atoms with van der Waals surface area (Å²) in [5.74, 6) is 0. The van der Waals surface area contributed by atoms with Crippen LogP contribution in [0.5, 0.6) is 0 Å². The van der Waals surface area contributed by atoms with Gasteiger partial charge in [-0.25, -0.2) is 0 Å². The molecular weight excluding hydrogens is 268 g/mol. The van der Waals surface area contributed by atoms with E-state index in [1.165, 1.54) is 0 Å². The van der Waals surface area contributed by atoms with Crippen molar-refractivity contribution in [3.8, 4) is 0 Å². The van der Waals surface area contributed by atoms with Crippen molar-refractivity contribution in [1.82, 2.24) is 5.32 Å². The van der Waals surface area contributed by atoms with Crippen molar-refractivity contribution < 1.29 is 4.74 Å². The van der Waals surface area contributed by atoms with Crippen molar-refractivity contribution in [2.75, 3.05) is 19.7 Å². The zero-order valence-electron chi connectivity index (χ0n) is 9.16. The number of hydrogen-bond acceptors (Lipinski definition) is 3. The predicted molar refractivity (Wildman–Crippen MR) is 68.3 cm³/mol. The highest BCUT2D eigenvalue weighted by Gasteiger charge is 2.18. The Balaban J connectivity index is 1.96. The number of morpholine rings is 1. The average Bonchev–Trinajstić information content (AvgIpc) is 2.31. The van der Waals surface area contributed by atoms with Crippen LogP contribution in [0.15, 0.2) is 28.7 Å².